The summed E-state index contributed by atoms with van der Waals surface area (Å²) < 4.78 is 5.66. The van der Waals surface area contributed by atoms with Gasteiger partial charge in [-0.2, -0.15) is 0 Å². The molecule has 1 aromatic rings. The van der Waals surface area contributed by atoms with Crippen LogP contribution in [0.3, 0.4) is 0 Å². The Morgan fingerprint density at radius 3 is 2.83 bits per heavy atom. The Morgan fingerprint density at radius 1 is 1.42 bits per heavy atom. The minimum atomic E-state index is -0.0967. The molecule has 0 aromatic carbocycles. The first-order valence-corrected chi connectivity index (χ1v) is 9.00. The summed E-state index contributed by atoms with van der Waals surface area (Å²) in [6.45, 7) is 10.8. The highest BCUT2D eigenvalue weighted by molar-refractivity contribution is 5.90. The second-order valence-electron chi connectivity index (χ2n) is 6.43. The molecule has 0 bridgehead atoms. The third kappa shape index (κ3) is 5.67. The van der Waals surface area contributed by atoms with E-state index < -0.39 is 0 Å². The van der Waals surface area contributed by atoms with Crippen LogP contribution in [0.5, 0.6) is 5.88 Å². The van der Waals surface area contributed by atoms with Gasteiger partial charge in [0.2, 0.25) is 5.88 Å². The van der Waals surface area contributed by atoms with Gasteiger partial charge in [-0.25, -0.2) is 9.78 Å². The van der Waals surface area contributed by atoms with Crippen molar-refractivity contribution in [2.45, 2.75) is 46.1 Å². The van der Waals surface area contributed by atoms with Gasteiger partial charge in [0.15, 0.2) is 0 Å². The number of hydrogen-bond acceptors (Lipinski definition) is 4. The molecule has 0 atom stereocenters. The quantitative estimate of drug-likeness (QED) is 0.793. The van der Waals surface area contributed by atoms with Crippen LogP contribution in [-0.2, 0) is 0 Å². The Bertz CT molecular complexity index is 515. The number of nitrogens with one attached hydrogen (secondary N) is 1. The topological polar surface area (TPSA) is 57.7 Å². The Kier molecular flexibility index (Phi) is 7.31. The fourth-order valence-corrected chi connectivity index (χ4v) is 2.89. The molecule has 2 heterocycles. The van der Waals surface area contributed by atoms with E-state index in [1.54, 1.807) is 12.3 Å². The summed E-state index contributed by atoms with van der Waals surface area (Å²) in [5.41, 5.74) is 0.620. The molecule has 0 saturated carbocycles. The van der Waals surface area contributed by atoms with Crippen LogP contribution >= 0.6 is 0 Å². The largest absolute Gasteiger partial charge is 0.473 e. The molecule has 6 nitrogen and oxygen atoms in total. The number of amides is 2. The molecule has 1 aromatic heterocycles. The molecule has 0 aliphatic carbocycles. The predicted molar refractivity (Wildman–Crippen MR) is 96.6 cm³/mol. The molecule has 1 saturated heterocycles. The van der Waals surface area contributed by atoms with Gasteiger partial charge < -0.3 is 19.9 Å². The van der Waals surface area contributed by atoms with E-state index in [9.17, 15) is 4.79 Å². The first kappa shape index (κ1) is 18.5. The maximum absolute atomic E-state index is 12.5. The summed E-state index contributed by atoms with van der Waals surface area (Å²) >= 11 is 0. The van der Waals surface area contributed by atoms with Crippen molar-refractivity contribution in [3.63, 3.8) is 0 Å². The van der Waals surface area contributed by atoms with Crippen LogP contribution in [0.2, 0.25) is 0 Å². The van der Waals surface area contributed by atoms with Gasteiger partial charge in [0.05, 0.1) is 6.10 Å². The molecule has 1 fully saturated rings. The number of ether oxygens (including phenoxy) is 1. The van der Waals surface area contributed by atoms with E-state index in [1.165, 1.54) is 25.9 Å². The predicted octanol–water partition coefficient (Wildman–Crippen LogP) is 3.21. The van der Waals surface area contributed by atoms with E-state index in [2.05, 4.69) is 15.2 Å². The number of hydrogen-bond donors (Lipinski definition) is 1. The molecule has 1 aliphatic rings. The maximum Gasteiger partial charge on any atom is 0.321 e. The minimum absolute atomic E-state index is 0.0123. The molecule has 2 amide bonds. The van der Waals surface area contributed by atoms with Crippen molar-refractivity contribution in [1.82, 2.24) is 14.8 Å². The zero-order valence-electron chi connectivity index (χ0n) is 15.1. The highest BCUT2D eigenvalue weighted by Gasteiger charge is 2.16. The third-order valence-corrected chi connectivity index (χ3v) is 4.13. The van der Waals surface area contributed by atoms with Crippen molar-refractivity contribution in [3.8, 4) is 5.88 Å². The lowest BCUT2D eigenvalue weighted by atomic mass is 10.3. The smallest absolute Gasteiger partial charge is 0.321 e. The molecule has 1 N–H and O–H groups in total. The van der Waals surface area contributed by atoms with Gasteiger partial charge in [-0.15, -0.1) is 0 Å². The van der Waals surface area contributed by atoms with E-state index in [0.29, 0.717) is 18.1 Å². The van der Waals surface area contributed by atoms with Crippen molar-refractivity contribution in [2.24, 2.45) is 0 Å². The summed E-state index contributed by atoms with van der Waals surface area (Å²) in [7, 11) is 0. The van der Waals surface area contributed by atoms with Crippen LogP contribution < -0.4 is 10.1 Å². The van der Waals surface area contributed by atoms with Crippen LogP contribution in [0, 0.1) is 0 Å². The molecule has 0 radical (unpaired) electrons. The Hall–Kier alpha value is -1.82. The zero-order chi connectivity index (χ0) is 17.4. The molecule has 134 valence electrons. The van der Waals surface area contributed by atoms with Crippen LogP contribution in [0.4, 0.5) is 10.5 Å². The number of likely N-dealkylation sites (tertiary alicyclic amines) is 1. The van der Waals surface area contributed by atoms with Crippen LogP contribution in [0.1, 0.15) is 40.0 Å². The molecule has 0 spiro atoms. The standard InChI is InChI=1S/C18H30N4O2/c1-4-22(14-8-13-21-11-5-6-12-21)18(23)20-16-9-7-10-19-17(16)24-15(2)3/h7,9-10,15H,4-6,8,11-14H2,1-3H3,(H,20,23). The third-order valence-electron chi connectivity index (χ3n) is 4.13. The lowest BCUT2D eigenvalue weighted by Crippen LogP contribution is -2.37. The average molecular weight is 334 g/mol. The van der Waals surface area contributed by atoms with E-state index in [-0.39, 0.29) is 12.1 Å². The van der Waals surface area contributed by atoms with Crippen LogP contribution in [0.25, 0.3) is 0 Å². The SMILES string of the molecule is CCN(CCCN1CCCC1)C(=O)Nc1cccnc1OC(C)C. The monoisotopic (exact) mass is 334 g/mol. The van der Waals surface area contributed by atoms with Crippen molar-refractivity contribution < 1.29 is 9.53 Å². The minimum Gasteiger partial charge on any atom is -0.473 e. The van der Waals surface area contributed by atoms with Gasteiger partial charge in [0.25, 0.3) is 0 Å². The van der Waals surface area contributed by atoms with E-state index in [1.807, 2.05) is 31.7 Å². The van der Waals surface area contributed by atoms with Gasteiger partial charge in [-0.3, -0.25) is 0 Å². The van der Waals surface area contributed by atoms with Crippen molar-refractivity contribution in [3.05, 3.63) is 18.3 Å². The summed E-state index contributed by atoms with van der Waals surface area (Å²) in [4.78, 5) is 21.0. The van der Waals surface area contributed by atoms with Crippen molar-refractivity contribution >= 4 is 11.7 Å². The number of nitrogens with zero attached hydrogens (tertiary/aromatic N) is 3. The van der Waals surface area contributed by atoms with Crippen molar-refractivity contribution in [1.29, 1.82) is 0 Å². The fraction of sp³-hybridized carbons (Fsp3) is 0.667. The number of pyridine rings is 1. The van der Waals surface area contributed by atoms with Gasteiger partial charge in [0, 0.05) is 19.3 Å². The lowest BCUT2D eigenvalue weighted by Gasteiger charge is -2.23. The number of carbonyl (C=O) groups excluding carboxylic acids is 1. The second-order valence-corrected chi connectivity index (χ2v) is 6.43. The normalized spacial score (nSPS) is 14.8. The summed E-state index contributed by atoms with van der Waals surface area (Å²) in [6.07, 6.45) is 5.29. The maximum atomic E-state index is 12.5. The summed E-state index contributed by atoms with van der Waals surface area (Å²) in [5, 5.41) is 2.93. The van der Waals surface area contributed by atoms with E-state index in [0.717, 1.165) is 19.5 Å². The molecular formula is C18H30N4O2. The van der Waals surface area contributed by atoms with Gasteiger partial charge in [0.1, 0.15) is 5.69 Å². The Morgan fingerprint density at radius 2 is 2.17 bits per heavy atom. The number of aromatic nitrogens is 1. The fourth-order valence-electron chi connectivity index (χ4n) is 2.89. The number of urea groups is 1. The number of anilines is 1. The Balaban J connectivity index is 1.86. The average Bonchev–Trinajstić information content (AvgIpc) is 3.06. The molecule has 6 heteroatoms. The van der Waals surface area contributed by atoms with E-state index in [4.69, 9.17) is 4.74 Å². The van der Waals surface area contributed by atoms with Gasteiger partial charge >= 0.3 is 6.03 Å². The lowest BCUT2D eigenvalue weighted by molar-refractivity contribution is 0.208. The van der Waals surface area contributed by atoms with Crippen LogP contribution in [-0.4, -0.2) is 59.6 Å². The molecule has 2 rings (SSSR count). The molecule has 1 aliphatic heterocycles. The Labute approximate surface area is 145 Å². The first-order chi connectivity index (χ1) is 11.6. The summed E-state index contributed by atoms with van der Waals surface area (Å²) in [5.74, 6) is 0.467. The summed E-state index contributed by atoms with van der Waals surface area (Å²) in [6, 6.07) is 3.52. The number of rotatable bonds is 8. The molecular weight excluding hydrogens is 304 g/mol. The van der Waals surface area contributed by atoms with Crippen LogP contribution in [0.15, 0.2) is 18.3 Å². The highest BCUT2D eigenvalue weighted by Crippen LogP contribution is 2.22. The molecule has 24 heavy (non-hydrogen) atoms. The van der Waals surface area contributed by atoms with E-state index >= 15 is 0 Å². The van der Waals surface area contributed by atoms with Gasteiger partial charge in [-0.1, -0.05) is 0 Å². The van der Waals surface area contributed by atoms with Gasteiger partial charge in [-0.05, 0) is 71.8 Å². The highest BCUT2D eigenvalue weighted by atomic mass is 16.5. The van der Waals surface area contributed by atoms with Crippen molar-refractivity contribution in [2.75, 3.05) is 38.0 Å². The first-order valence-electron chi connectivity index (χ1n) is 9.00. The number of carbonyl (C=O) groups is 1. The zero-order valence-corrected chi connectivity index (χ0v) is 15.1. The molecule has 0 unspecified atom stereocenters. The second kappa shape index (κ2) is 9.47.